The first-order valence-corrected chi connectivity index (χ1v) is 22.7. The summed E-state index contributed by atoms with van der Waals surface area (Å²) in [6, 6.07) is 0. The number of unbranched alkanes of at least 4 members (excludes halogenated alkanes) is 3. The topological polar surface area (TPSA) is 0 Å². The van der Waals surface area contributed by atoms with Gasteiger partial charge >= 0.3 is 107 Å². The predicted molar refractivity (Wildman–Crippen MR) is 76.8 cm³/mol. The molecule has 0 aliphatic rings. The monoisotopic (exact) mass is 434 g/mol. The SMILES string of the molecule is CCCCC[CH2][Sn]([Br])([Br])[CH2]CC(C)C. The van der Waals surface area contributed by atoms with Gasteiger partial charge < -0.3 is 0 Å². The Bertz CT molecular complexity index is 135. The van der Waals surface area contributed by atoms with E-state index in [1.54, 1.807) is 0 Å². The average Bonchev–Trinajstić information content (AvgIpc) is 2.10. The van der Waals surface area contributed by atoms with Gasteiger partial charge in [-0.1, -0.05) is 0 Å². The molecule has 0 rings (SSSR count). The van der Waals surface area contributed by atoms with Crippen molar-refractivity contribution in [1.82, 2.24) is 0 Å². The van der Waals surface area contributed by atoms with Crippen LogP contribution in [0.4, 0.5) is 0 Å². The second-order valence-electron chi connectivity index (χ2n) is 4.60. The molecule has 0 radical (unpaired) electrons. The third-order valence-electron chi connectivity index (χ3n) is 2.48. The van der Waals surface area contributed by atoms with Gasteiger partial charge in [-0.2, -0.15) is 0 Å². The molecule has 0 saturated heterocycles. The van der Waals surface area contributed by atoms with E-state index in [1.165, 1.54) is 41.0 Å². The van der Waals surface area contributed by atoms with Crippen molar-refractivity contribution in [3.8, 4) is 0 Å². The van der Waals surface area contributed by atoms with Crippen LogP contribution in [-0.4, -0.2) is 13.9 Å². The Labute approximate surface area is 106 Å². The Hall–Kier alpha value is 1.76. The summed E-state index contributed by atoms with van der Waals surface area (Å²) < 4.78 is 2.90. The predicted octanol–water partition coefficient (Wildman–Crippen LogP) is 5.84. The van der Waals surface area contributed by atoms with E-state index in [2.05, 4.69) is 46.2 Å². The minimum absolute atomic E-state index is 0.858. The minimum atomic E-state index is -1.91. The molecule has 0 aliphatic carbocycles. The van der Waals surface area contributed by atoms with Gasteiger partial charge in [0.05, 0.1) is 0 Å². The molecule has 0 fully saturated rings. The molecular weight excluding hydrogens is 411 g/mol. The first-order valence-electron chi connectivity index (χ1n) is 5.86. The Morgan fingerprint density at radius 2 is 1.64 bits per heavy atom. The van der Waals surface area contributed by atoms with Gasteiger partial charge in [-0.15, -0.1) is 0 Å². The summed E-state index contributed by atoms with van der Waals surface area (Å²) >= 11 is 6.07. The van der Waals surface area contributed by atoms with E-state index in [0.29, 0.717) is 0 Å². The quantitative estimate of drug-likeness (QED) is 0.332. The van der Waals surface area contributed by atoms with Crippen molar-refractivity contribution in [2.45, 2.75) is 61.7 Å². The third kappa shape index (κ3) is 10.3. The summed E-state index contributed by atoms with van der Waals surface area (Å²) in [6.07, 6.45) is 7.00. The molecule has 0 spiro atoms. The first-order chi connectivity index (χ1) is 6.48. The Morgan fingerprint density at radius 1 is 1.00 bits per heavy atom. The molecule has 0 aromatic heterocycles. The molecule has 0 unspecified atom stereocenters. The molecule has 0 heterocycles. The van der Waals surface area contributed by atoms with Gasteiger partial charge in [0.15, 0.2) is 0 Å². The molecule has 14 heavy (non-hydrogen) atoms. The first kappa shape index (κ1) is 15.8. The molecule has 0 N–H and O–H groups in total. The van der Waals surface area contributed by atoms with Gasteiger partial charge in [0, 0.05) is 0 Å². The van der Waals surface area contributed by atoms with Crippen LogP contribution >= 0.6 is 25.4 Å². The maximum absolute atomic E-state index is 3.99. The van der Waals surface area contributed by atoms with Gasteiger partial charge in [0.25, 0.3) is 0 Å². The van der Waals surface area contributed by atoms with E-state index in [4.69, 9.17) is 0 Å². The number of halogens is 2. The number of rotatable bonds is 8. The summed E-state index contributed by atoms with van der Waals surface area (Å²) in [7, 11) is 0. The van der Waals surface area contributed by atoms with E-state index >= 15 is 0 Å². The molecule has 0 aliphatic heterocycles. The van der Waals surface area contributed by atoms with Crippen molar-refractivity contribution < 1.29 is 0 Å². The normalized spacial score (nSPS) is 12.4. The molecule has 3 heteroatoms. The summed E-state index contributed by atoms with van der Waals surface area (Å²) in [5, 5.41) is 0. The van der Waals surface area contributed by atoms with Crippen LogP contribution in [0.15, 0.2) is 0 Å². The van der Waals surface area contributed by atoms with E-state index in [9.17, 15) is 0 Å². The second kappa shape index (κ2) is 8.86. The van der Waals surface area contributed by atoms with Gasteiger partial charge in [0.1, 0.15) is 0 Å². The Morgan fingerprint density at radius 3 is 2.14 bits per heavy atom. The van der Waals surface area contributed by atoms with Crippen LogP contribution in [0.25, 0.3) is 0 Å². The van der Waals surface area contributed by atoms with Gasteiger partial charge in [-0.3, -0.25) is 0 Å². The molecule has 0 amide bonds. The van der Waals surface area contributed by atoms with Crippen molar-refractivity contribution in [2.75, 3.05) is 0 Å². The summed E-state index contributed by atoms with van der Waals surface area (Å²) in [5.41, 5.74) is 0. The Balaban J connectivity index is 3.50. The van der Waals surface area contributed by atoms with Crippen molar-refractivity contribution in [3.63, 3.8) is 0 Å². The number of hydrogen-bond donors (Lipinski definition) is 0. The molecule has 0 nitrogen and oxygen atoms in total. The van der Waals surface area contributed by atoms with Crippen LogP contribution < -0.4 is 0 Å². The van der Waals surface area contributed by atoms with Crippen molar-refractivity contribution in [2.24, 2.45) is 5.92 Å². The maximum atomic E-state index is 3.99. The zero-order valence-corrected chi connectivity index (χ0v) is 15.8. The van der Waals surface area contributed by atoms with Crippen LogP contribution in [0, 0.1) is 5.92 Å². The van der Waals surface area contributed by atoms with Crippen molar-refractivity contribution >= 4 is 39.3 Å². The third-order valence-corrected chi connectivity index (χ3v) is 19.1. The molecule has 86 valence electrons. The van der Waals surface area contributed by atoms with Crippen LogP contribution in [0.5, 0.6) is 0 Å². The fourth-order valence-electron chi connectivity index (χ4n) is 1.44. The zero-order chi connectivity index (χ0) is 11.0. The molecule has 0 saturated carbocycles. The fourth-order valence-corrected chi connectivity index (χ4v) is 14.0. The van der Waals surface area contributed by atoms with E-state index in [1.807, 2.05) is 0 Å². The molecule has 0 atom stereocenters. The van der Waals surface area contributed by atoms with Gasteiger partial charge in [0.2, 0.25) is 0 Å². The van der Waals surface area contributed by atoms with Gasteiger partial charge in [-0.25, -0.2) is 0 Å². The summed E-state index contributed by atoms with van der Waals surface area (Å²) in [6.45, 7) is 6.91. The summed E-state index contributed by atoms with van der Waals surface area (Å²) in [4.78, 5) is 0. The zero-order valence-electron chi connectivity index (χ0n) is 9.78. The molecule has 0 aromatic carbocycles. The number of hydrogen-bond acceptors (Lipinski definition) is 0. The van der Waals surface area contributed by atoms with Crippen molar-refractivity contribution in [1.29, 1.82) is 0 Å². The van der Waals surface area contributed by atoms with E-state index < -0.39 is 13.9 Å². The van der Waals surface area contributed by atoms with Crippen LogP contribution in [-0.2, 0) is 0 Å². The molecule has 0 aromatic rings. The van der Waals surface area contributed by atoms with Crippen LogP contribution in [0.1, 0.15) is 52.9 Å². The standard InChI is InChI=1S/C6H13.C5H11.2BrH.Sn/c1-3-5-6-4-2;1-4-5(2)3;;;/h1,3-6H2,2H3;5H,1,4H2,2-3H3;2*1H;/q;;;;+2/p-2. The van der Waals surface area contributed by atoms with Crippen molar-refractivity contribution in [3.05, 3.63) is 0 Å². The molecule has 0 bridgehead atoms. The average molecular weight is 435 g/mol. The second-order valence-corrected chi connectivity index (χ2v) is 39.8. The Kier molecular flexibility index (Phi) is 9.97. The van der Waals surface area contributed by atoms with E-state index in [-0.39, 0.29) is 0 Å². The van der Waals surface area contributed by atoms with E-state index in [0.717, 1.165) is 5.92 Å². The van der Waals surface area contributed by atoms with Crippen LogP contribution in [0.2, 0.25) is 8.87 Å². The fraction of sp³-hybridized carbons (Fsp3) is 1.00. The van der Waals surface area contributed by atoms with Crippen LogP contribution in [0.3, 0.4) is 0 Å². The van der Waals surface area contributed by atoms with Gasteiger partial charge in [-0.05, 0) is 0 Å². The molecular formula is C11H24Br2Sn. The summed E-state index contributed by atoms with van der Waals surface area (Å²) in [5.74, 6) is 0.858.